The molecule has 0 radical (unpaired) electrons. The van der Waals surface area contributed by atoms with E-state index in [4.69, 9.17) is 17.0 Å². The van der Waals surface area contributed by atoms with Gasteiger partial charge in [0.2, 0.25) is 0 Å². The van der Waals surface area contributed by atoms with Crippen LogP contribution in [0, 0.1) is 13.8 Å². The van der Waals surface area contributed by atoms with Crippen molar-refractivity contribution in [3.8, 4) is 11.5 Å². The van der Waals surface area contributed by atoms with Gasteiger partial charge >= 0.3 is 0 Å². The van der Waals surface area contributed by atoms with Crippen LogP contribution in [0.15, 0.2) is 42.0 Å². The summed E-state index contributed by atoms with van der Waals surface area (Å²) < 4.78 is 5.00. The number of methoxy groups -OCH3 is 1. The first-order valence-electron chi connectivity index (χ1n) is 8.17. The van der Waals surface area contributed by atoms with Gasteiger partial charge < -0.3 is 9.84 Å². The summed E-state index contributed by atoms with van der Waals surface area (Å²) in [5, 5.41) is 12.5. The van der Waals surface area contributed by atoms with Gasteiger partial charge in [-0.2, -0.15) is 0 Å². The van der Waals surface area contributed by atoms with Crippen molar-refractivity contribution in [3.63, 3.8) is 0 Å². The summed E-state index contributed by atoms with van der Waals surface area (Å²) in [5.41, 5.74) is 2.95. The maximum atomic E-state index is 13.0. The van der Waals surface area contributed by atoms with Crippen molar-refractivity contribution >= 4 is 40.9 Å². The van der Waals surface area contributed by atoms with Gasteiger partial charge in [-0.25, -0.2) is 0 Å². The zero-order valence-electron chi connectivity index (χ0n) is 15.1. The topological polar surface area (TPSA) is 78.9 Å². The number of phenols is 1. The number of thiocarbonyl (C=S) groups is 1. The van der Waals surface area contributed by atoms with Crippen molar-refractivity contribution < 1.29 is 19.4 Å². The molecular weight excluding hydrogens is 364 g/mol. The number of benzene rings is 2. The van der Waals surface area contributed by atoms with Crippen LogP contribution >= 0.6 is 12.2 Å². The monoisotopic (exact) mass is 382 g/mol. The number of phenolic OH excluding ortho intramolecular Hbond substituents is 1. The molecule has 1 saturated heterocycles. The summed E-state index contributed by atoms with van der Waals surface area (Å²) in [6, 6.07) is 10.2. The van der Waals surface area contributed by atoms with Gasteiger partial charge in [0.15, 0.2) is 16.6 Å². The fraction of sp³-hybridized carbons (Fsp3) is 0.150. The fourth-order valence-corrected chi connectivity index (χ4v) is 3.22. The Balaban J connectivity index is 2.03. The first-order valence-corrected chi connectivity index (χ1v) is 8.57. The number of aryl methyl sites for hydroxylation is 2. The highest BCUT2D eigenvalue weighted by molar-refractivity contribution is 7.80. The molecule has 0 saturated carbocycles. The fourth-order valence-electron chi connectivity index (χ4n) is 2.94. The van der Waals surface area contributed by atoms with Crippen molar-refractivity contribution in [3.05, 3.63) is 58.7 Å². The lowest BCUT2D eigenvalue weighted by Gasteiger charge is -2.29. The lowest BCUT2D eigenvalue weighted by Crippen LogP contribution is -2.54. The lowest BCUT2D eigenvalue weighted by molar-refractivity contribution is -0.122. The maximum Gasteiger partial charge on any atom is 0.270 e. The van der Waals surface area contributed by atoms with E-state index in [1.54, 1.807) is 12.1 Å². The van der Waals surface area contributed by atoms with E-state index in [1.165, 1.54) is 24.2 Å². The third kappa shape index (κ3) is 3.68. The van der Waals surface area contributed by atoms with Gasteiger partial charge in [0.1, 0.15) is 5.57 Å². The molecule has 0 atom stereocenters. The van der Waals surface area contributed by atoms with E-state index in [0.717, 1.165) is 11.1 Å². The largest absolute Gasteiger partial charge is 0.504 e. The standard InChI is InChI=1S/C20H18N2O4S/c1-11-6-12(2)8-14(7-11)22-19(25)15(18(24)21-20(22)27)9-13-4-5-17(26-3)16(23)10-13/h4-10,23H,1-3H3,(H,21,24,27)/b15-9-. The predicted molar refractivity (Wildman–Crippen MR) is 107 cm³/mol. The van der Waals surface area contributed by atoms with Gasteiger partial charge in [-0.05, 0) is 73.1 Å². The Labute approximate surface area is 162 Å². The van der Waals surface area contributed by atoms with Gasteiger partial charge in [0, 0.05) is 0 Å². The van der Waals surface area contributed by atoms with Crippen molar-refractivity contribution in [1.29, 1.82) is 0 Å². The molecule has 3 rings (SSSR count). The van der Waals surface area contributed by atoms with Crippen LogP contribution in [0.25, 0.3) is 6.08 Å². The second-order valence-electron chi connectivity index (χ2n) is 6.24. The number of anilines is 1. The summed E-state index contributed by atoms with van der Waals surface area (Å²) in [7, 11) is 1.44. The van der Waals surface area contributed by atoms with Crippen molar-refractivity contribution in [2.24, 2.45) is 0 Å². The number of nitrogens with one attached hydrogen (secondary N) is 1. The molecule has 0 aliphatic carbocycles. The highest BCUT2D eigenvalue weighted by Gasteiger charge is 2.34. The number of hydrogen-bond acceptors (Lipinski definition) is 5. The molecule has 0 spiro atoms. The Morgan fingerprint density at radius 3 is 2.37 bits per heavy atom. The minimum Gasteiger partial charge on any atom is -0.504 e. The normalized spacial score (nSPS) is 15.9. The molecule has 138 valence electrons. The number of rotatable bonds is 3. The number of ether oxygens (including phenoxy) is 1. The van der Waals surface area contributed by atoms with Crippen molar-refractivity contribution in [1.82, 2.24) is 5.32 Å². The summed E-state index contributed by atoms with van der Waals surface area (Å²) >= 11 is 5.21. The average Bonchev–Trinajstić information content (AvgIpc) is 2.57. The number of carbonyl (C=O) groups excluding carboxylic acids is 2. The smallest absolute Gasteiger partial charge is 0.270 e. The molecular formula is C20H18N2O4S. The second-order valence-corrected chi connectivity index (χ2v) is 6.62. The Morgan fingerprint density at radius 2 is 1.78 bits per heavy atom. The molecule has 1 heterocycles. The van der Waals surface area contributed by atoms with Gasteiger partial charge in [0.25, 0.3) is 11.8 Å². The van der Waals surface area contributed by atoms with E-state index < -0.39 is 11.8 Å². The number of amides is 2. The summed E-state index contributed by atoms with van der Waals surface area (Å²) in [6.45, 7) is 3.84. The second kappa shape index (κ2) is 7.20. The van der Waals surface area contributed by atoms with Crippen LogP contribution in [0.3, 0.4) is 0 Å². The molecule has 27 heavy (non-hydrogen) atoms. The lowest BCUT2D eigenvalue weighted by atomic mass is 10.1. The Bertz CT molecular complexity index is 977. The van der Waals surface area contributed by atoms with E-state index in [-0.39, 0.29) is 16.4 Å². The van der Waals surface area contributed by atoms with Crippen LogP contribution in [0.5, 0.6) is 11.5 Å². The average molecular weight is 382 g/mol. The van der Waals surface area contributed by atoms with Crippen LogP contribution in [0.1, 0.15) is 16.7 Å². The highest BCUT2D eigenvalue weighted by atomic mass is 32.1. The quantitative estimate of drug-likeness (QED) is 0.485. The number of aromatic hydroxyl groups is 1. The van der Waals surface area contributed by atoms with E-state index in [2.05, 4.69) is 5.32 Å². The molecule has 1 fully saturated rings. The molecule has 6 nitrogen and oxygen atoms in total. The zero-order chi connectivity index (χ0) is 19.7. The first-order chi connectivity index (χ1) is 12.8. The van der Waals surface area contributed by atoms with Gasteiger partial charge in [-0.3, -0.25) is 19.8 Å². The third-order valence-corrected chi connectivity index (χ3v) is 4.36. The molecule has 0 unspecified atom stereocenters. The van der Waals surface area contributed by atoms with Gasteiger partial charge in [0.05, 0.1) is 12.8 Å². The SMILES string of the molecule is COc1ccc(/C=C2/C(=O)NC(=S)N(c3cc(C)cc(C)c3)C2=O)cc1O. The molecule has 7 heteroatoms. The molecule has 2 aromatic carbocycles. The van der Waals surface area contributed by atoms with E-state index in [0.29, 0.717) is 17.0 Å². The highest BCUT2D eigenvalue weighted by Crippen LogP contribution is 2.28. The minimum absolute atomic E-state index is 0.0322. The Kier molecular flexibility index (Phi) is 4.96. The number of nitrogens with zero attached hydrogens (tertiary/aromatic N) is 1. The van der Waals surface area contributed by atoms with Crippen LogP contribution in [0.4, 0.5) is 5.69 Å². The molecule has 1 aliphatic heterocycles. The first kappa shape index (κ1) is 18.6. The van der Waals surface area contributed by atoms with Crippen molar-refractivity contribution in [2.45, 2.75) is 13.8 Å². The summed E-state index contributed by atoms with van der Waals surface area (Å²) in [4.78, 5) is 26.6. The predicted octanol–water partition coefficient (Wildman–Crippen LogP) is 2.85. The van der Waals surface area contributed by atoms with Gasteiger partial charge in [-0.15, -0.1) is 0 Å². The third-order valence-electron chi connectivity index (χ3n) is 4.08. The van der Waals surface area contributed by atoms with E-state index in [9.17, 15) is 14.7 Å². The van der Waals surface area contributed by atoms with Crippen LogP contribution in [0.2, 0.25) is 0 Å². The summed E-state index contributed by atoms with van der Waals surface area (Å²) in [6.07, 6.45) is 1.41. The molecule has 2 amide bonds. The Morgan fingerprint density at radius 1 is 1.11 bits per heavy atom. The molecule has 0 bridgehead atoms. The van der Waals surface area contributed by atoms with Crippen molar-refractivity contribution in [2.75, 3.05) is 12.0 Å². The van der Waals surface area contributed by atoms with Crippen LogP contribution in [-0.4, -0.2) is 29.1 Å². The Hall–Kier alpha value is -3.19. The minimum atomic E-state index is -0.582. The molecule has 2 aromatic rings. The number of carbonyl (C=O) groups is 2. The van der Waals surface area contributed by atoms with E-state index >= 15 is 0 Å². The summed E-state index contributed by atoms with van der Waals surface area (Å²) in [5.74, 6) is -0.892. The number of hydrogen-bond donors (Lipinski definition) is 2. The van der Waals surface area contributed by atoms with Gasteiger partial charge in [-0.1, -0.05) is 12.1 Å². The van der Waals surface area contributed by atoms with Crippen LogP contribution < -0.4 is 15.0 Å². The molecule has 2 N–H and O–H groups in total. The molecule has 0 aromatic heterocycles. The maximum absolute atomic E-state index is 13.0. The zero-order valence-corrected chi connectivity index (χ0v) is 15.9. The van der Waals surface area contributed by atoms with E-state index in [1.807, 2.05) is 32.0 Å². The molecule has 1 aliphatic rings. The van der Waals surface area contributed by atoms with Crippen LogP contribution in [-0.2, 0) is 9.59 Å².